The minimum absolute atomic E-state index is 0.0603. The van der Waals surface area contributed by atoms with Crippen molar-refractivity contribution in [3.8, 4) is 0 Å². The van der Waals surface area contributed by atoms with Crippen molar-refractivity contribution >= 4 is 5.97 Å². The van der Waals surface area contributed by atoms with Gasteiger partial charge in [0.15, 0.2) is 0 Å². The third-order valence-electron chi connectivity index (χ3n) is 5.83. The van der Waals surface area contributed by atoms with E-state index in [9.17, 15) is 4.79 Å². The molecule has 2 aromatic carbocycles. The third-order valence-corrected chi connectivity index (χ3v) is 5.83. The minimum atomic E-state index is -0.0710. The summed E-state index contributed by atoms with van der Waals surface area (Å²) in [6.45, 7) is 5.26. The second-order valence-corrected chi connectivity index (χ2v) is 7.42. The quantitative estimate of drug-likeness (QED) is 0.698. The fourth-order valence-electron chi connectivity index (χ4n) is 4.33. The predicted octanol–water partition coefficient (Wildman–Crippen LogP) is 4.84. The van der Waals surface area contributed by atoms with Crippen molar-refractivity contribution in [3.63, 3.8) is 0 Å². The molecule has 1 aliphatic rings. The average Bonchev–Trinajstić information content (AvgIpc) is 3.07. The summed E-state index contributed by atoms with van der Waals surface area (Å²) in [7, 11) is 1.51. The Bertz CT molecular complexity index is 701. The maximum absolute atomic E-state index is 12.5. The van der Waals surface area contributed by atoms with E-state index in [4.69, 9.17) is 4.74 Å². The lowest BCUT2D eigenvalue weighted by molar-refractivity contribution is -0.149. The molecule has 0 aromatic heterocycles. The molecule has 3 heteroatoms. The molecule has 0 N–H and O–H groups in total. The van der Waals surface area contributed by atoms with Crippen molar-refractivity contribution in [1.29, 1.82) is 0 Å². The van der Waals surface area contributed by atoms with Crippen LogP contribution >= 0.6 is 0 Å². The summed E-state index contributed by atoms with van der Waals surface area (Å²) in [5.41, 5.74) is 2.56. The number of esters is 1. The normalized spacial score (nSPS) is 23.8. The van der Waals surface area contributed by atoms with Gasteiger partial charge in [0, 0.05) is 18.6 Å². The molecule has 2 aromatic rings. The number of hydrogen-bond donors (Lipinski definition) is 0. The lowest BCUT2D eigenvalue weighted by atomic mass is 9.92. The van der Waals surface area contributed by atoms with E-state index in [0.717, 1.165) is 19.4 Å². The van der Waals surface area contributed by atoms with E-state index in [1.54, 1.807) is 0 Å². The van der Waals surface area contributed by atoms with Crippen LogP contribution in [0.15, 0.2) is 60.7 Å². The van der Waals surface area contributed by atoms with Crippen molar-refractivity contribution in [1.82, 2.24) is 4.90 Å². The summed E-state index contributed by atoms with van der Waals surface area (Å²) in [5, 5.41) is 0. The zero-order valence-corrected chi connectivity index (χ0v) is 16.0. The van der Waals surface area contributed by atoms with Crippen molar-refractivity contribution in [2.45, 2.75) is 45.3 Å². The Labute approximate surface area is 157 Å². The van der Waals surface area contributed by atoms with Gasteiger partial charge in [0.25, 0.3) is 0 Å². The van der Waals surface area contributed by atoms with E-state index >= 15 is 0 Å². The molecular formula is C23H29NO2. The van der Waals surface area contributed by atoms with E-state index in [0.29, 0.717) is 5.92 Å². The maximum Gasteiger partial charge on any atom is 0.310 e. The second-order valence-electron chi connectivity index (χ2n) is 7.42. The zero-order chi connectivity index (χ0) is 18.5. The second kappa shape index (κ2) is 8.50. The van der Waals surface area contributed by atoms with Crippen molar-refractivity contribution in [3.05, 3.63) is 71.8 Å². The first kappa shape index (κ1) is 18.7. The standard InChI is InChI=1S/C23H29NO2/c1-17-14-15-21(22(17)23(25)26-3)24(16-19-10-6-4-7-11-19)18(2)20-12-8-5-9-13-20/h4-13,17-18,21-22H,14-16H2,1-3H3/t17-,18-,21-,22+/m0/s1. The molecule has 4 atom stereocenters. The lowest BCUT2D eigenvalue weighted by Crippen LogP contribution is -2.43. The molecule has 0 saturated heterocycles. The largest absolute Gasteiger partial charge is 0.469 e. The van der Waals surface area contributed by atoms with Gasteiger partial charge in [0.05, 0.1) is 13.0 Å². The Morgan fingerprint density at radius 1 is 1.08 bits per heavy atom. The number of carbonyl (C=O) groups is 1. The monoisotopic (exact) mass is 351 g/mol. The van der Waals surface area contributed by atoms with Crippen LogP contribution in [-0.4, -0.2) is 24.0 Å². The Hall–Kier alpha value is -2.13. The van der Waals surface area contributed by atoms with Crippen molar-refractivity contribution < 1.29 is 9.53 Å². The molecule has 0 spiro atoms. The SMILES string of the molecule is COC(=O)[C@@H]1[C@@H](C)CC[C@@H]1N(Cc1ccccc1)[C@@H](C)c1ccccc1. The Morgan fingerprint density at radius 3 is 2.31 bits per heavy atom. The van der Waals surface area contributed by atoms with Gasteiger partial charge >= 0.3 is 5.97 Å². The van der Waals surface area contributed by atoms with E-state index in [-0.39, 0.29) is 24.0 Å². The molecule has 0 bridgehead atoms. The smallest absolute Gasteiger partial charge is 0.310 e. The Morgan fingerprint density at radius 2 is 1.69 bits per heavy atom. The van der Waals surface area contributed by atoms with E-state index in [1.807, 2.05) is 12.1 Å². The lowest BCUT2D eigenvalue weighted by Gasteiger charge is -2.38. The van der Waals surface area contributed by atoms with E-state index in [1.165, 1.54) is 18.2 Å². The highest BCUT2D eigenvalue weighted by Gasteiger charge is 2.43. The van der Waals surface area contributed by atoms with Crippen LogP contribution < -0.4 is 0 Å². The number of methoxy groups -OCH3 is 1. The van der Waals surface area contributed by atoms with Crippen LogP contribution in [0, 0.1) is 11.8 Å². The van der Waals surface area contributed by atoms with Gasteiger partial charge in [0.1, 0.15) is 0 Å². The van der Waals surface area contributed by atoms with Gasteiger partial charge in [-0.1, -0.05) is 67.6 Å². The third kappa shape index (κ3) is 3.99. The van der Waals surface area contributed by atoms with Gasteiger partial charge in [-0.2, -0.15) is 0 Å². The molecule has 0 unspecified atom stereocenters. The van der Waals surface area contributed by atoms with Crippen LogP contribution in [-0.2, 0) is 16.1 Å². The molecule has 3 rings (SSSR count). The van der Waals surface area contributed by atoms with Gasteiger partial charge in [-0.3, -0.25) is 9.69 Å². The highest BCUT2D eigenvalue weighted by atomic mass is 16.5. The molecule has 1 fully saturated rings. The van der Waals surface area contributed by atoms with Crippen LogP contribution in [0.4, 0.5) is 0 Å². The highest BCUT2D eigenvalue weighted by Crippen LogP contribution is 2.40. The summed E-state index contributed by atoms with van der Waals surface area (Å²) in [6, 6.07) is 21.5. The number of ether oxygens (including phenoxy) is 1. The van der Waals surface area contributed by atoms with Gasteiger partial charge in [0.2, 0.25) is 0 Å². The van der Waals surface area contributed by atoms with Crippen LogP contribution in [0.25, 0.3) is 0 Å². The molecule has 26 heavy (non-hydrogen) atoms. The minimum Gasteiger partial charge on any atom is -0.469 e. The first-order chi connectivity index (χ1) is 12.6. The van der Waals surface area contributed by atoms with Crippen molar-refractivity contribution in [2.24, 2.45) is 11.8 Å². The number of nitrogens with zero attached hydrogens (tertiary/aromatic N) is 1. The fourth-order valence-corrected chi connectivity index (χ4v) is 4.33. The summed E-state index contributed by atoms with van der Waals surface area (Å²) in [6.07, 6.45) is 2.10. The topological polar surface area (TPSA) is 29.5 Å². The predicted molar refractivity (Wildman–Crippen MR) is 105 cm³/mol. The summed E-state index contributed by atoms with van der Waals surface area (Å²) in [4.78, 5) is 15.0. The van der Waals surface area contributed by atoms with E-state index < -0.39 is 0 Å². The van der Waals surface area contributed by atoms with Crippen molar-refractivity contribution in [2.75, 3.05) is 7.11 Å². The molecule has 1 aliphatic carbocycles. The first-order valence-electron chi connectivity index (χ1n) is 9.54. The summed E-state index contributed by atoms with van der Waals surface area (Å²) < 4.78 is 5.16. The molecule has 138 valence electrons. The number of benzene rings is 2. The number of rotatable bonds is 6. The van der Waals surface area contributed by atoms with Crippen LogP contribution in [0.2, 0.25) is 0 Å². The van der Waals surface area contributed by atoms with Gasteiger partial charge in [-0.05, 0) is 36.8 Å². The van der Waals surface area contributed by atoms with Gasteiger partial charge < -0.3 is 4.74 Å². The van der Waals surface area contributed by atoms with Crippen LogP contribution in [0.3, 0.4) is 0 Å². The summed E-state index contributed by atoms with van der Waals surface area (Å²) in [5.74, 6) is 0.224. The average molecular weight is 351 g/mol. The van der Waals surface area contributed by atoms with Crippen LogP contribution in [0.5, 0.6) is 0 Å². The molecule has 1 saturated carbocycles. The van der Waals surface area contributed by atoms with E-state index in [2.05, 4.69) is 67.3 Å². The number of carbonyl (C=O) groups excluding carboxylic acids is 1. The fraction of sp³-hybridized carbons (Fsp3) is 0.435. The zero-order valence-electron chi connectivity index (χ0n) is 16.0. The van der Waals surface area contributed by atoms with Gasteiger partial charge in [-0.25, -0.2) is 0 Å². The molecule has 0 amide bonds. The molecule has 0 aliphatic heterocycles. The maximum atomic E-state index is 12.5. The Balaban J connectivity index is 1.93. The first-order valence-corrected chi connectivity index (χ1v) is 9.54. The molecule has 0 radical (unpaired) electrons. The molecule has 3 nitrogen and oxygen atoms in total. The summed E-state index contributed by atoms with van der Waals surface area (Å²) >= 11 is 0. The Kier molecular flexibility index (Phi) is 6.10. The van der Waals surface area contributed by atoms with Crippen LogP contribution in [0.1, 0.15) is 43.9 Å². The molecule has 0 heterocycles. The highest BCUT2D eigenvalue weighted by molar-refractivity contribution is 5.74. The number of hydrogen-bond acceptors (Lipinski definition) is 3. The van der Waals surface area contributed by atoms with Gasteiger partial charge in [-0.15, -0.1) is 0 Å². The molecular weight excluding hydrogens is 322 g/mol.